The van der Waals surface area contributed by atoms with Crippen LogP contribution in [0.1, 0.15) is 37.7 Å². The van der Waals surface area contributed by atoms with Crippen LogP contribution in [0.4, 0.5) is 0 Å². The summed E-state index contributed by atoms with van der Waals surface area (Å²) in [5.74, 6) is 0.552. The smallest absolute Gasteiger partial charge is 0.223 e. The Morgan fingerprint density at radius 3 is 2.50 bits per heavy atom. The van der Waals surface area contributed by atoms with E-state index in [1.165, 1.54) is 6.42 Å². The third kappa shape index (κ3) is 3.95. The second-order valence-corrected chi connectivity index (χ2v) is 7.27. The molecule has 1 aromatic rings. The van der Waals surface area contributed by atoms with Gasteiger partial charge in [-0.25, -0.2) is 0 Å². The van der Waals surface area contributed by atoms with Crippen LogP contribution < -0.4 is 5.32 Å². The molecule has 1 N–H and O–H groups in total. The number of amides is 1. The number of likely N-dealkylation sites (tertiary alicyclic amines) is 1. The number of carbonyl (C=O) groups excluding carboxylic acids is 1. The zero-order valence-electron chi connectivity index (χ0n) is 12.7. The Morgan fingerprint density at radius 1 is 1.18 bits per heavy atom. The van der Waals surface area contributed by atoms with Gasteiger partial charge in [-0.1, -0.05) is 35.7 Å². The zero-order valence-corrected chi connectivity index (χ0v) is 14.2. The number of benzene rings is 1. The number of nitrogens with one attached hydrogen (secondary N) is 1. The first-order chi connectivity index (χ1) is 10.6. The van der Waals surface area contributed by atoms with Gasteiger partial charge < -0.3 is 5.32 Å². The van der Waals surface area contributed by atoms with Gasteiger partial charge in [0.25, 0.3) is 0 Å². The maximum absolute atomic E-state index is 12.0. The molecule has 0 bridgehead atoms. The Morgan fingerprint density at radius 2 is 1.91 bits per heavy atom. The molecule has 0 spiro atoms. The zero-order chi connectivity index (χ0) is 15.5. The maximum Gasteiger partial charge on any atom is 0.223 e. The number of halogens is 2. The molecule has 1 amide bonds. The van der Waals surface area contributed by atoms with Crippen molar-refractivity contribution in [3.05, 3.63) is 33.8 Å². The summed E-state index contributed by atoms with van der Waals surface area (Å²) < 4.78 is 0. The van der Waals surface area contributed by atoms with Crippen molar-refractivity contribution < 1.29 is 4.79 Å². The monoisotopic (exact) mass is 340 g/mol. The molecule has 1 aromatic carbocycles. The van der Waals surface area contributed by atoms with Crippen molar-refractivity contribution in [1.82, 2.24) is 10.2 Å². The molecule has 120 valence electrons. The number of carbonyl (C=O) groups is 1. The SMILES string of the molecule is O=C(NC1CCN(Cc2ccc(Cl)cc2Cl)CC1)C1CCC1. The third-order valence-electron chi connectivity index (χ3n) is 4.82. The molecule has 0 unspecified atom stereocenters. The Balaban J connectivity index is 1.46. The van der Waals surface area contributed by atoms with Crippen LogP contribution in [0.15, 0.2) is 18.2 Å². The predicted molar refractivity (Wildman–Crippen MR) is 90.2 cm³/mol. The summed E-state index contributed by atoms with van der Waals surface area (Å²) in [7, 11) is 0. The van der Waals surface area contributed by atoms with E-state index in [9.17, 15) is 4.79 Å². The van der Waals surface area contributed by atoms with E-state index in [0.29, 0.717) is 11.1 Å². The van der Waals surface area contributed by atoms with E-state index >= 15 is 0 Å². The van der Waals surface area contributed by atoms with Gasteiger partial charge in [0.2, 0.25) is 5.91 Å². The maximum atomic E-state index is 12.0. The molecule has 2 fully saturated rings. The molecule has 22 heavy (non-hydrogen) atoms. The molecule has 0 radical (unpaired) electrons. The highest BCUT2D eigenvalue weighted by molar-refractivity contribution is 6.35. The van der Waals surface area contributed by atoms with Gasteiger partial charge >= 0.3 is 0 Å². The average Bonchev–Trinajstić information content (AvgIpc) is 2.42. The summed E-state index contributed by atoms with van der Waals surface area (Å²) in [4.78, 5) is 14.4. The van der Waals surface area contributed by atoms with Gasteiger partial charge in [0, 0.05) is 41.6 Å². The fourth-order valence-corrected chi connectivity index (χ4v) is 3.58. The van der Waals surface area contributed by atoms with Gasteiger partial charge in [-0.3, -0.25) is 9.69 Å². The second-order valence-electron chi connectivity index (χ2n) is 6.42. The molecule has 1 saturated heterocycles. The highest BCUT2D eigenvalue weighted by atomic mass is 35.5. The van der Waals surface area contributed by atoms with Gasteiger partial charge in [-0.15, -0.1) is 0 Å². The molecule has 1 aliphatic carbocycles. The summed E-state index contributed by atoms with van der Waals surface area (Å²) in [5, 5.41) is 4.62. The molecule has 1 heterocycles. The molecular formula is C17H22Cl2N2O. The van der Waals surface area contributed by atoms with E-state index in [1.54, 1.807) is 6.07 Å². The van der Waals surface area contributed by atoms with Crippen LogP contribution in [0.25, 0.3) is 0 Å². The van der Waals surface area contributed by atoms with Crippen molar-refractivity contribution in [2.24, 2.45) is 5.92 Å². The largest absolute Gasteiger partial charge is 0.353 e. The van der Waals surface area contributed by atoms with E-state index in [0.717, 1.165) is 55.9 Å². The number of hydrogen-bond acceptors (Lipinski definition) is 2. The van der Waals surface area contributed by atoms with E-state index in [-0.39, 0.29) is 11.8 Å². The number of nitrogens with zero attached hydrogens (tertiary/aromatic N) is 1. The molecule has 3 nitrogen and oxygen atoms in total. The lowest BCUT2D eigenvalue weighted by Gasteiger charge is -2.34. The van der Waals surface area contributed by atoms with E-state index in [2.05, 4.69) is 10.2 Å². The van der Waals surface area contributed by atoms with Crippen molar-refractivity contribution in [3.63, 3.8) is 0 Å². The fourth-order valence-electron chi connectivity index (χ4n) is 3.12. The van der Waals surface area contributed by atoms with E-state index in [1.807, 2.05) is 12.1 Å². The highest BCUT2D eigenvalue weighted by Crippen LogP contribution is 2.27. The second kappa shape index (κ2) is 7.20. The number of piperidine rings is 1. The Labute approximate surface area is 142 Å². The molecule has 1 saturated carbocycles. The molecule has 1 aliphatic heterocycles. The van der Waals surface area contributed by atoms with Crippen LogP contribution in [0.2, 0.25) is 10.0 Å². The first kappa shape index (κ1) is 16.1. The summed E-state index contributed by atoms with van der Waals surface area (Å²) >= 11 is 12.2. The molecule has 2 aliphatic rings. The highest BCUT2D eigenvalue weighted by Gasteiger charge is 2.28. The van der Waals surface area contributed by atoms with Crippen LogP contribution >= 0.6 is 23.2 Å². The average molecular weight is 341 g/mol. The summed E-state index contributed by atoms with van der Waals surface area (Å²) in [6.45, 7) is 2.84. The molecule has 5 heteroatoms. The first-order valence-corrected chi connectivity index (χ1v) is 8.84. The van der Waals surface area contributed by atoms with Gasteiger partial charge in [-0.2, -0.15) is 0 Å². The summed E-state index contributed by atoms with van der Waals surface area (Å²) in [6.07, 6.45) is 5.38. The molecular weight excluding hydrogens is 319 g/mol. The van der Waals surface area contributed by atoms with Gasteiger partial charge in [0.15, 0.2) is 0 Å². The number of hydrogen-bond donors (Lipinski definition) is 1. The summed E-state index contributed by atoms with van der Waals surface area (Å²) in [6, 6.07) is 6.01. The van der Waals surface area contributed by atoms with Gasteiger partial charge in [0.05, 0.1) is 0 Å². The van der Waals surface area contributed by atoms with Gasteiger partial charge in [-0.05, 0) is 43.4 Å². The lowest BCUT2D eigenvalue weighted by Crippen LogP contribution is -2.47. The normalized spacial score (nSPS) is 20.6. The predicted octanol–water partition coefficient (Wildman–Crippen LogP) is 3.87. The van der Waals surface area contributed by atoms with E-state index < -0.39 is 0 Å². The minimum atomic E-state index is 0.269. The van der Waals surface area contributed by atoms with Crippen LogP contribution in [0.5, 0.6) is 0 Å². The van der Waals surface area contributed by atoms with Crippen molar-refractivity contribution >= 4 is 29.1 Å². The van der Waals surface area contributed by atoms with E-state index in [4.69, 9.17) is 23.2 Å². The van der Waals surface area contributed by atoms with Gasteiger partial charge in [0.1, 0.15) is 0 Å². The Bertz CT molecular complexity index is 537. The van der Waals surface area contributed by atoms with Crippen molar-refractivity contribution in [3.8, 4) is 0 Å². The topological polar surface area (TPSA) is 32.3 Å². The minimum Gasteiger partial charge on any atom is -0.353 e. The van der Waals surface area contributed by atoms with Crippen molar-refractivity contribution in [2.75, 3.05) is 13.1 Å². The minimum absolute atomic E-state index is 0.269. The summed E-state index contributed by atoms with van der Waals surface area (Å²) in [5.41, 5.74) is 1.11. The van der Waals surface area contributed by atoms with Crippen LogP contribution in [-0.2, 0) is 11.3 Å². The standard InChI is InChI=1S/C17H22Cl2N2O/c18-14-5-4-13(16(19)10-14)11-21-8-6-15(7-9-21)20-17(22)12-2-1-3-12/h4-5,10,12,15H,1-3,6-9,11H2,(H,20,22). The first-order valence-electron chi connectivity index (χ1n) is 8.08. The Hall–Kier alpha value is -0.770. The fraction of sp³-hybridized carbons (Fsp3) is 0.588. The lowest BCUT2D eigenvalue weighted by atomic mass is 9.84. The van der Waals surface area contributed by atoms with Crippen LogP contribution in [0.3, 0.4) is 0 Å². The molecule has 3 rings (SSSR count). The number of rotatable bonds is 4. The Kier molecular flexibility index (Phi) is 5.27. The van der Waals surface area contributed by atoms with Crippen LogP contribution in [-0.4, -0.2) is 29.9 Å². The van der Waals surface area contributed by atoms with Crippen molar-refractivity contribution in [2.45, 2.75) is 44.7 Å². The van der Waals surface area contributed by atoms with Crippen LogP contribution in [0, 0.1) is 5.92 Å². The lowest BCUT2D eigenvalue weighted by molar-refractivity contribution is -0.128. The quantitative estimate of drug-likeness (QED) is 0.902. The third-order valence-corrected chi connectivity index (χ3v) is 5.41. The molecule has 0 atom stereocenters. The molecule has 0 aromatic heterocycles. The van der Waals surface area contributed by atoms with Crippen molar-refractivity contribution in [1.29, 1.82) is 0 Å².